The third-order valence-corrected chi connectivity index (χ3v) is 40.0. The van der Waals surface area contributed by atoms with Crippen LogP contribution in [0.4, 0.5) is 0 Å². The molecule has 10 aromatic rings. The number of thiophene rings is 8. The van der Waals surface area contributed by atoms with Gasteiger partial charge in [-0.25, -0.2) is 4.98 Å². The van der Waals surface area contributed by atoms with E-state index >= 15 is 14.4 Å². The van der Waals surface area contributed by atoms with Gasteiger partial charge in [0, 0.05) is 87.2 Å². The van der Waals surface area contributed by atoms with Crippen molar-refractivity contribution in [2.75, 3.05) is 19.7 Å². The Morgan fingerprint density at radius 2 is 0.550 bits per heavy atom. The summed E-state index contributed by atoms with van der Waals surface area (Å²) in [4.78, 5) is 73.8. The smallest absolute Gasteiger partial charge is 0.261 e. The summed E-state index contributed by atoms with van der Waals surface area (Å²) in [7, 11) is 0. The van der Waals surface area contributed by atoms with Gasteiger partial charge >= 0.3 is 0 Å². The Morgan fingerprint density at radius 3 is 0.886 bits per heavy atom. The number of aryl methyl sites for hydroxylation is 2. The molecule has 2 aliphatic rings. The fourth-order valence-corrected chi connectivity index (χ4v) is 31.1. The predicted molar refractivity (Wildman–Crippen MR) is 625 cm³/mol. The second-order valence-electron chi connectivity index (χ2n) is 42.6. The maximum Gasteiger partial charge on any atom is 0.261 e. The summed E-state index contributed by atoms with van der Waals surface area (Å²) in [6, 6.07) is 32.1. The van der Waals surface area contributed by atoms with E-state index in [1.807, 2.05) is 56.7 Å². The van der Waals surface area contributed by atoms with Crippen molar-refractivity contribution in [2.24, 2.45) is 23.7 Å². The summed E-state index contributed by atoms with van der Waals surface area (Å²) >= 11 is 14.6. The highest BCUT2D eigenvalue weighted by molar-refractivity contribution is 7.34. The highest BCUT2D eigenvalue weighted by Crippen LogP contribution is 2.54. The Hall–Kier alpha value is -5.30. The average molecular weight is 2050 g/mol. The number of fused-ring (bicyclic) bond motifs is 4. The van der Waals surface area contributed by atoms with Crippen molar-refractivity contribution in [2.45, 2.75) is 487 Å². The summed E-state index contributed by atoms with van der Waals surface area (Å²) < 4.78 is 14.6. The SMILES string of the molecule is CCCCCCCCCCC(CCCCCCCC)COc1nc2cc(-c3ccc(-c4cc5sc(-c6ccc(C7=C8C(=O)N(CC(CCCCCCCC)CCCCCCCCCC)C(c9ccc(-c%10cc%11sc(C)cc%11s%10)s9)=C8C(=O)N7CC(CCCCCCCC)CCCCCCCCCC)s6)cc5s4)s3)c(=O)n(CC(CCCCCCCC)CCCCCCCCCC)c2cc1-c1ccc(C)s1. The monoisotopic (exact) mass is 2050 g/mol. The number of amides is 2. The molecule has 4 atom stereocenters. The van der Waals surface area contributed by atoms with Crippen LogP contribution >= 0.6 is 90.7 Å². The topological polar surface area (TPSA) is 84.7 Å². The number of hydrogen-bond acceptors (Lipinski definition) is 13. The van der Waals surface area contributed by atoms with Crippen LogP contribution in [0.3, 0.4) is 0 Å². The Morgan fingerprint density at radius 1 is 0.264 bits per heavy atom. The molecule has 10 aromatic heterocycles. The molecule has 0 aliphatic carbocycles. The van der Waals surface area contributed by atoms with Crippen molar-refractivity contribution in [1.29, 1.82) is 0 Å². The number of aromatic nitrogens is 2. The quantitative estimate of drug-likeness (QED) is 0.0355. The molecule has 772 valence electrons. The molecule has 0 saturated carbocycles. The van der Waals surface area contributed by atoms with E-state index in [1.165, 1.54) is 430 Å². The number of rotatable bonds is 80. The van der Waals surface area contributed by atoms with Gasteiger partial charge in [0.15, 0.2) is 0 Å². The summed E-state index contributed by atoms with van der Waals surface area (Å²) in [6.07, 6.45) is 80.7. The standard InChI is InChI=1S/C124H184N4O4S8/c1-11-19-27-35-43-47-55-62-68-95(67-59-51-39-31-23-15-5)89-126-102-85-99(103-76-75-93(9)133-103)121(132-92-98(73-65-54-42-34-26-18-8)74-66-58-50-46-38-30-22-14-4)125-101(102)84-100(122(126)129)104-77-78-105(135-104)112-87-115-116(139-112)88-113(140-115)107-80-82-109(137-107)120-118-117(123(130)128(120)91-97(70-61-53-41-33-25-17-7)72-64-57-49-45-37-29-21-13-3)119(108-81-79-106(136-108)111-86-114-110(138-111)83-94(10)134-114)127(124(118)131)90-96(69-60-52-40-32-24-16-6)71-63-56-48-44-36-28-20-12-2/h75-88,95-98H,11-74,89-92H2,1-10H3. The predicted octanol–water partition coefficient (Wildman–Crippen LogP) is 42.9. The Balaban J connectivity index is 0.901. The third kappa shape index (κ3) is 35.2. The van der Waals surface area contributed by atoms with E-state index in [-0.39, 0.29) is 17.4 Å². The van der Waals surface area contributed by atoms with Crippen molar-refractivity contribution in [3.8, 4) is 56.0 Å². The molecule has 0 saturated heterocycles. The molecule has 2 amide bonds. The molecule has 12 heterocycles. The molecule has 140 heavy (non-hydrogen) atoms. The zero-order valence-electron chi connectivity index (χ0n) is 89.2. The minimum Gasteiger partial charge on any atom is -0.477 e. The fourth-order valence-electron chi connectivity index (χ4n) is 22.1. The maximum absolute atomic E-state index is 16.8. The summed E-state index contributed by atoms with van der Waals surface area (Å²) in [5.74, 6) is 2.23. The van der Waals surface area contributed by atoms with Gasteiger partial charge in [-0.15, -0.1) is 90.7 Å². The van der Waals surface area contributed by atoms with Gasteiger partial charge < -0.3 is 19.1 Å². The lowest BCUT2D eigenvalue weighted by molar-refractivity contribution is -0.124. The van der Waals surface area contributed by atoms with E-state index in [9.17, 15) is 0 Å². The Labute approximate surface area is 881 Å². The maximum atomic E-state index is 16.8. The minimum absolute atomic E-state index is 0.0250. The molecule has 2 aliphatic heterocycles. The Kier molecular flexibility index (Phi) is 51.9. The molecule has 0 aromatic carbocycles. The zero-order valence-corrected chi connectivity index (χ0v) is 95.7. The van der Waals surface area contributed by atoms with Crippen LogP contribution in [0, 0.1) is 37.5 Å². The summed E-state index contributed by atoms with van der Waals surface area (Å²) in [5, 5.41) is 0. The first kappa shape index (κ1) is 113. The van der Waals surface area contributed by atoms with E-state index < -0.39 is 0 Å². The van der Waals surface area contributed by atoms with Gasteiger partial charge in [-0.05, 0) is 174 Å². The van der Waals surface area contributed by atoms with Crippen LogP contribution in [0.5, 0.6) is 5.88 Å². The lowest BCUT2D eigenvalue weighted by atomic mass is 9.93. The number of ether oxygens (including phenoxy) is 1. The van der Waals surface area contributed by atoms with Gasteiger partial charge in [-0.1, -0.05) is 415 Å². The first-order chi connectivity index (χ1) is 68.8. The van der Waals surface area contributed by atoms with Gasteiger partial charge in [0.25, 0.3) is 17.4 Å². The van der Waals surface area contributed by atoms with Gasteiger partial charge in [0.05, 0.1) is 61.1 Å². The molecule has 0 N–H and O–H groups in total. The van der Waals surface area contributed by atoms with Gasteiger partial charge in [0.1, 0.15) is 0 Å². The van der Waals surface area contributed by atoms with Gasteiger partial charge in [-0.3, -0.25) is 14.4 Å². The van der Waals surface area contributed by atoms with E-state index in [0.29, 0.717) is 66.9 Å². The van der Waals surface area contributed by atoms with Crippen LogP contribution < -0.4 is 10.3 Å². The number of unbranched alkanes of at least 4 members (excludes halogenated alkanes) is 48. The van der Waals surface area contributed by atoms with Crippen LogP contribution in [-0.2, 0) is 16.1 Å². The number of carbonyl (C=O) groups is 2. The highest BCUT2D eigenvalue weighted by atomic mass is 32.1. The van der Waals surface area contributed by atoms with Crippen LogP contribution in [-0.4, -0.2) is 50.9 Å². The minimum atomic E-state index is 0.0250. The molecule has 0 radical (unpaired) electrons. The summed E-state index contributed by atoms with van der Waals surface area (Å²) in [6.45, 7) is 25.5. The second-order valence-corrected chi connectivity index (χ2v) is 51.7. The highest BCUT2D eigenvalue weighted by Gasteiger charge is 2.50. The third-order valence-electron chi connectivity index (χ3n) is 30.6. The van der Waals surface area contributed by atoms with Crippen molar-refractivity contribution < 1.29 is 14.3 Å². The van der Waals surface area contributed by atoms with Crippen LogP contribution in [0.15, 0.2) is 101 Å². The first-order valence-corrected chi connectivity index (χ1v) is 64.6. The molecule has 16 heteroatoms. The van der Waals surface area contributed by atoms with E-state index in [2.05, 4.69) is 169 Å². The largest absolute Gasteiger partial charge is 0.477 e. The molecule has 0 bridgehead atoms. The molecule has 4 unspecified atom stereocenters. The second kappa shape index (κ2) is 64.1. The van der Waals surface area contributed by atoms with E-state index in [4.69, 9.17) is 9.72 Å². The van der Waals surface area contributed by atoms with Crippen molar-refractivity contribution in [3.05, 3.63) is 126 Å². The molecule has 0 spiro atoms. The number of carbonyl (C=O) groups excluding carboxylic acids is 2. The molecule has 0 fully saturated rings. The Bertz CT molecular complexity index is 5270. The number of pyridine rings is 2. The summed E-state index contributed by atoms with van der Waals surface area (Å²) in [5.41, 5.74) is 6.60. The number of hydrogen-bond donors (Lipinski definition) is 0. The van der Waals surface area contributed by atoms with Crippen molar-refractivity contribution in [3.63, 3.8) is 0 Å². The fraction of sp³-hybridized carbons (Fsp3) is 0.661. The number of nitrogens with zero attached hydrogens (tertiary/aromatic N) is 4. The van der Waals surface area contributed by atoms with E-state index in [0.717, 1.165) is 91.6 Å². The van der Waals surface area contributed by atoms with Crippen molar-refractivity contribution >= 4 is 144 Å². The lowest BCUT2D eigenvalue weighted by Crippen LogP contribution is -2.34. The van der Waals surface area contributed by atoms with Crippen molar-refractivity contribution in [1.82, 2.24) is 19.4 Å². The normalized spacial score (nSPS) is 14.0. The molecule has 12 rings (SSSR count). The van der Waals surface area contributed by atoms with Gasteiger partial charge in [0.2, 0.25) is 5.88 Å². The first-order valence-electron chi connectivity index (χ1n) is 58.0. The zero-order chi connectivity index (χ0) is 98.3. The lowest BCUT2D eigenvalue weighted by Gasteiger charge is -2.29. The molecule has 8 nitrogen and oxygen atoms in total. The van der Waals surface area contributed by atoms with Crippen LogP contribution in [0.1, 0.15) is 486 Å². The van der Waals surface area contributed by atoms with Gasteiger partial charge in [-0.2, -0.15) is 0 Å². The average Bonchev–Trinajstić information content (AvgIpc) is 1.53. The van der Waals surface area contributed by atoms with Crippen LogP contribution in [0.25, 0.3) is 91.4 Å². The molecular formula is C124H184N4O4S8. The van der Waals surface area contributed by atoms with E-state index in [1.54, 1.807) is 34.0 Å². The molecular weight excluding hydrogens is 1870 g/mol. The van der Waals surface area contributed by atoms with Crippen LogP contribution in [0.2, 0.25) is 0 Å².